The molecule has 0 aliphatic heterocycles. The van der Waals surface area contributed by atoms with Crippen LogP contribution in [0.25, 0.3) is 11.3 Å². The predicted molar refractivity (Wildman–Crippen MR) is 52.4 cm³/mol. The highest BCUT2D eigenvalue weighted by Crippen LogP contribution is 2.32. The lowest BCUT2D eigenvalue weighted by molar-refractivity contribution is 0.412. The van der Waals surface area contributed by atoms with Crippen molar-refractivity contribution in [1.82, 2.24) is 0 Å². The lowest BCUT2D eigenvalue weighted by atomic mass is 10.1. The molecule has 3 nitrogen and oxygen atoms in total. The quantitative estimate of drug-likeness (QED) is 0.791. The molecule has 1 aromatic heterocycles. The third-order valence-corrected chi connectivity index (χ3v) is 1.99. The molecule has 0 atom stereocenters. The van der Waals surface area contributed by atoms with Gasteiger partial charge in [0.25, 0.3) is 0 Å². The van der Waals surface area contributed by atoms with Crippen molar-refractivity contribution in [1.29, 1.82) is 0 Å². The molecule has 0 aliphatic carbocycles. The van der Waals surface area contributed by atoms with Gasteiger partial charge in [-0.15, -0.1) is 0 Å². The molecule has 0 saturated heterocycles. The van der Waals surface area contributed by atoms with Gasteiger partial charge in [0, 0.05) is 0 Å². The summed E-state index contributed by atoms with van der Waals surface area (Å²) in [4.78, 5) is 0. The molecule has 1 N–H and O–H groups in total. The number of methoxy groups -OCH3 is 1. The number of ether oxygens (including phenoxy) is 1. The molecule has 0 bridgehead atoms. The van der Waals surface area contributed by atoms with Gasteiger partial charge >= 0.3 is 0 Å². The van der Waals surface area contributed by atoms with Gasteiger partial charge < -0.3 is 14.3 Å². The van der Waals surface area contributed by atoms with Gasteiger partial charge in [0.1, 0.15) is 17.3 Å². The van der Waals surface area contributed by atoms with Crippen molar-refractivity contribution in [2.24, 2.45) is 0 Å². The summed E-state index contributed by atoms with van der Waals surface area (Å²) in [6, 6.07) is 8.56. The van der Waals surface area contributed by atoms with Crippen LogP contribution in [0.2, 0.25) is 0 Å². The van der Waals surface area contributed by atoms with Crippen LogP contribution in [-0.4, -0.2) is 12.2 Å². The zero-order chi connectivity index (χ0) is 9.97. The van der Waals surface area contributed by atoms with Crippen molar-refractivity contribution < 1.29 is 14.3 Å². The Bertz CT molecular complexity index is 418. The topological polar surface area (TPSA) is 42.6 Å². The maximum atomic E-state index is 9.59. The molecule has 0 aliphatic rings. The van der Waals surface area contributed by atoms with E-state index >= 15 is 0 Å². The van der Waals surface area contributed by atoms with Crippen LogP contribution in [0.4, 0.5) is 0 Å². The van der Waals surface area contributed by atoms with Crippen LogP contribution in [0.1, 0.15) is 0 Å². The molecule has 14 heavy (non-hydrogen) atoms. The van der Waals surface area contributed by atoms with Gasteiger partial charge in [-0.2, -0.15) is 0 Å². The molecular weight excluding hydrogens is 180 g/mol. The summed E-state index contributed by atoms with van der Waals surface area (Å²) >= 11 is 0. The first-order valence-electron chi connectivity index (χ1n) is 4.22. The van der Waals surface area contributed by atoms with E-state index in [2.05, 4.69) is 0 Å². The van der Waals surface area contributed by atoms with E-state index in [0.717, 1.165) is 0 Å². The summed E-state index contributed by atoms with van der Waals surface area (Å²) in [5.41, 5.74) is 0.634. The first-order chi connectivity index (χ1) is 6.81. The van der Waals surface area contributed by atoms with Crippen molar-refractivity contribution in [3.8, 4) is 22.8 Å². The van der Waals surface area contributed by atoms with Crippen LogP contribution in [0.5, 0.6) is 11.5 Å². The van der Waals surface area contributed by atoms with Gasteiger partial charge in [0.15, 0.2) is 0 Å². The standard InChI is InChI=1S/C11H10O3/c1-13-8-4-5-10(12)9(7-8)11-3-2-6-14-11/h2-7,12H,1H3. The van der Waals surface area contributed by atoms with E-state index in [1.54, 1.807) is 43.7 Å². The number of aromatic hydroxyl groups is 1. The molecule has 1 aromatic carbocycles. The highest BCUT2D eigenvalue weighted by molar-refractivity contribution is 5.67. The number of phenols is 1. The molecular formula is C11H10O3. The molecule has 1 heterocycles. The number of hydrogen-bond acceptors (Lipinski definition) is 3. The highest BCUT2D eigenvalue weighted by atomic mass is 16.5. The van der Waals surface area contributed by atoms with Gasteiger partial charge in [-0.1, -0.05) is 0 Å². The molecule has 0 fully saturated rings. The van der Waals surface area contributed by atoms with Crippen molar-refractivity contribution >= 4 is 0 Å². The molecule has 0 spiro atoms. The molecule has 0 amide bonds. The molecule has 0 saturated carbocycles. The molecule has 2 rings (SSSR count). The minimum Gasteiger partial charge on any atom is -0.507 e. The van der Waals surface area contributed by atoms with E-state index in [1.165, 1.54) is 0 Å². The summed E-state index contributed by atoms with van der Waals surface area (Å²) in [5.74, 6) is 1.50. The molecule has 72 valence electrons. The molecule has 0 radical (unpaired) electrons. The van der Waals surface area contributed by atoms with E-state index in [1.807, 2.05) is 0 Å². The predicted octanol–water partition coefficient (Wildman–Crippen LogP) is 2.66. The zero-order valence-electron chi connectivity index (χ0n) is 7.73. The number of furan rings is 1. The Morgan fingerprint density at radius 1 is 1.29 bits per heavy atom. The minimum atomic E-state index is 0.181. The fraction of sp³-hybridized carbons (Fsp3) is 0.0909. The Hall–Kier alpha value is -1.90. The van der Waals surface area contributed by atoms with Crippen LogP contribution in [0.15, 0.2) is 41.0 Å². The normalized spacial score (nSPS) is 10.1. The van der Waals surface area contributed by atoms with Gasteiger partial charge in [0.2, 0.25) is 0 Å². The third kappa shape index (κ3) is 1.44. The van der Waals surface area contributed by atoms with Crippen LogP contribution in [0, 0.1) is 0 Å². The fourth-order valence-electron chi connectivity index (χ4n) is 1.27. The van der Waals surface area contributed by atoms with Crippen LogP contribution in [0.3, 0.4) is 0 Å². The smallest absolute Gasteiger partial charge is 0.137 e. The summed E-state index contributed by atoms with van der Waals surface area (Å²) in [6.07, 6.45) is 1.56. The van der Waals surface area contributed by atoms with E-state index in [0.29, 0.717) is 17.1 Å². The summed E-state index contributed by atoms with van der Waals surface area (Å²) in [7, 11) is 1.58. The summed E-state index contributed by atoms with van der Waals surface area (Å²) < 4.78 is 10.2. The number of phenolic OH excluding ortho intramolecular Hbond substituents is 1. The van der Waals surface area contributed by atoms with Crippen molar-refractivity contribution in [3.63, 3.8) is 0 Å². The monoisotopic (exact) mass is 190 g/mol. The molecule has 3 heteroatoms. The van der Waals surface area contributed by atoms with Gasteiger partial charge in [-0.25, -0.2) is 0 Å². The van der Waals surface area contributed by atoms with Crippen LogP contribution >= 0.6 is 0 Å². The fourth-order valence-corrected chi connectivity index (χ4v) is 1.27. The van der Waals surface area contributed by atoms with Gasteiger partial charge in [-0.05, 0) is 30.3 Å². The number of rotatable bonds is 2. The summed E-state index contributed by atoms with van der Waals surface area (Å²) in [5, 5.41) is 9.59. The Labute approximate surface area is 81.6 Å². The lowest BCUT2D eigenvalue weighted by Gasteiger charge is -2.04. The largest absolute Gasteiger partial charge is 0.507 e. The second-order valence-corrected chi connectivity index (χ2v) is 2.86. The highest BCUT2D eigenvalue weighted by Gasteiger charge is 2.07. The zero-order valence-corrected chi connectivity index (χ0v) is 7.73. The van der Waals surface area contributed by atoms with Gasteiger partial charge in [0.05, 0.1) is 18.9 Å². The Balaban J connectivity index is 2.51. The van der Waals surface area contributed by atoms with Crippen molar-refractivity contribution in [2.75, 3.05) is 7.11 Å². The molecule has 2 aromatic rings. The second-order valence-electron chi connectivity index (χ2n) is 2.86. The van der Waals surface area contributed by atoms with E-state index in [-0.39, 0.29) is 5.75 Å². The van der Waals surface area contributed by atoms with Crippen molar-refractivity contribution in [3.05, 3.63) is 36.6 Å². The average Bonchev–Trinajstić information content (AvgIpc) is 2.71. The average molecular weight is 190 g/mol. The second kappa shape index (κ2) is 3.46. The number of hydrogen-bond donors (Lipinski definition) is 1. The Morgan fingerprint density at radius 3 is 2.79 bits per heavy atom. The SMILES string of the molecule is COc1ccc(O)c(-c2ccco2)c1. The van der Waals surface area contributed by atoms with E-state index < -0.39 is 0 Å². The van der Waals surface area contributed by atoms with E-state index in [4.69, 9.17) is 9.15 Å². The van der Waals surface area contributed by atoms with Crippen molar-refractivity contribution in [2.45, 2.75) is 0 Å². The minimum absolute atomic E-state index is 0.181. The molecule has 0 unspecified atom stereocenters. The first kappa shape index (κ1) is 8.69. The maximum absolute atomic E-state index is 9.59. The van der Waals surface area contributed by atoms with Gasteiger partial charge in [-0.3, -0.25) is 0 Å². The number of benzene rings is 1. The first-order valence-corrected chi connectivity index (χ1v) is 4.22. The van der Waals surface area contributed by atoms with Crippen LogP contribution in [-0.2, 0) is 0 Å². The third-order valence-electron chi connectivity index (χ3n) is 1.99. The summed E-state index contributed by atoms with van der Waals surface area (Å²) in [6.45, 7) is 0. The van der Waals surface area contributed by atoms with E-state index in [9.17, 15) is 5.11 Å². The Morgan fingerprint density at radius 2 is 2.14 bits per heavy atom. The Kier molecular flexibility index (Phi) is 2.14. The lowest BCUT2D eigenvalue weighted by Crippen LogP contribution is -1.83. The van der Waals surface area contributed by atoms with Crippen LogP contribution < -0.4 is 4.74 Å². The maximum Gasteiger partial charge on any atom is 0.137 e.